The van der Waals surface area contributed by atoms with Crippen LogP contribution in [0.5, 0.6) is 0 Å². The van der Waals surface area contributed by atoms with Gasteiger partial charge in [0, 0.05) is 11.2 Å². The number of aliphatic carboxylic acids is 1. The molecule has 1 fully saturated rings. The lowest BCUT2D eigenvalue weighted by atomic mass is 10.3. The maximum atomic E-state index is 10.5. The third-order valence-corrected chi connectivity index (χ3v) is 4.03. The van der Waals surface area contributed by atoms with Gasteiger partial charge in [-0.15, -0.1) is 0 Å². The lowest BCUT2D eigenvalue weighted by Crippen LogP contribution is -2.05. The summed E-state index contributed by atoms with van der Waals surface area (Å²) in [6.07, 6.45) is 2.57. The molecule has 1 unspecified atom stereocenters. The van der Waals surface area contributed by atoms with Crippen molar-refractivity contribution in [1.82, 2.24) is 9.36 Å². The van der Waals surface area contributed by atoms with Gasteiger partial charge in [0.15, 0.2) is 4.34 Å². The summed E-state index contributed by atoms with van der Waals surface area (Å²) in [5.41, 5.74) is 0. The van der Waals surface area contributed by atoms with Crippen LogP contribution in [0.3, 0.4) is 0 Å². The second-order valence-corrected chi connectivity index (χ2v) is 6.16. The van der Waals surface area contributed by atoms with Crippen LogP contribution in [-0.2, 0) is 4.79 Å². The van der Waals surface area contributed by atoms with Crippen LogP contribution in [0.2, 0.25) is 0 Å². The highest BCUT2D eigenvalue weighted by atomic mass is 32.2. The maximum Gasteiger partial charge on any atom is 0.304 e. The summed E-state index contributed by atoms with van der Waals surface area (Å²) < 4.78 is 5.17. The number of carbonyl (C=O) groups is 1. The van der Waals surface area contributed by atoms with E-state index in [4.69, 9.17) is 5.11 Å². The number of hydrogen-bond acceptors (Lipinski definition) is 5. The average molecular weight is 244 g/mol. The van der Waals surface area contributed by atoms with Crippen LogP contribution >= 0.6 is 23.3 Å². The zero-order valence-electron chi connectivity index (χ0n) is 8.34. The fraction of sp³-hybridized carbons (Fsp3) is 0.667. The van der Waals surface area contributed by atoms with Crippen molar-refractivity contribution in [1.29, 1.82) is 0 Å². The molecule has 0 bridgehead atoms. The van der Waals surface area contributed by atoms with Gasteiger partial charge >= 0.3 is 5.97 Å². The molecule has 15 heavy (non-hydrogen) atoms. The van der Waals surface area contributed by atoms with Crippen LogP contribution in [0.4, 0.5) is 0 Å². The first-order valence-corrected chi connectivity index (χ1v) is 6.52. The Morgan fingerprint density at radius 2 is 2.47 bits per heavy atom. The molecule has 1 heterocycles. The Morgan fingerprint density at radius 1 is 1.73 bits per heavy atom. The van der Waals surface area contributed by atoms with E-state index >= 15 is 0 Å². The lowest BCUT2D eigenvalue weighted by molar-refractivity contribution is -0.136. The number of carboxylic acid groups (broad SMARTS) is 1. The van der Waals surface area contributed by atoms with Gasteiger partial charge in [-0.3, -0.25) is 4.79 Å². The first-order valence-electron chi connectivity index (χ1n) is 4.87. The number of thioether (sulfide) groups is 1. The molecular weight excluding hydrogens is 232 g/mol. The average Bonchev–Trinajstić information content (AvgIpc) is 2.87. The van der Waals surface area contributed by atoms with Gasteiger partial charge in [0.2, 0.25) is 0 Å². The number of carboxylic acids is 1. The molecule has 0 amide bonds. The first kappa shape index (κ1) is 10.9. The third kappa shape index (κ3) is 3.17. The number of hydrogen-bond donors (Lipinski definition) is 1. The maximum absolute atomic E-state index is 10.5. The van der Waals surface area contributed by atoms with E-state index in [0.717, 1.165) is 10.2 Å². The summed E-state index contributed by atoms with van der Waals surface area (Å²) in [6.45, 7) is 1.90. The van der Waals surface area contributed by atoms with E-state index in [9.17, 15) is 4.79 Å². The van der Waals surface area contributed by atoms with Crippen molar-refractivity contribution in [3.63, 3.8) is 0 Å². The molecule has 1 atom stereocenters. The Balaban J connectivity index is 1.89. The summed E-state index contributed by atoms with van der Waals surface area (Å²) in [4.78, 5) is 14.9. The normalized spacial score (nSPS) is 17.7. The summed E-state index contributed by atoms with van der Waals surface area (Å²) in [6, 6.07) is 0. The second kappa shape index (κ2) is 4.49. The van der Waals surface area contributed by atoms with Gasteiger partial charge in [-0.1, -0.05) is 18.7 Å². The quantitative estimate of drug-likeness (QED) is 0.806. The largest absolute Gasteiger partial charge is 0.481 e. The summed E-state index contributed by atoms with van der Waals surface area (Å²) in [5, 5.41) is 8.68. The molecule has 1 saturated carbocycles. The van der Waals surface area contributed by atoms with Gasteiger partial charge in [0.05, 0.1) is 6.42 Å². The second-order valence-electron chi connectivity index (χ2n) is 3.72. The van der Waals surface area contributed by atoms with Gasteiger partial charge in [0.25, 0.3) is 0 Å². The molecular formula is C9H12N2O2S2. The molecule has 82 valence electrons. The van der Waals surface area contributed by atoms with Gasteiger partial charge < -0.3 is 5.11 Å². The zero-order chi connectivity index (χ0) is 10.8. The standard InChI is InChI=1S/C9H12N2O2S2/c1-5(4-7(12)13)14-9-10-8(11-15-9)6-2-3-6/h5-6H,2-4H2,1H3,(H,12,13). The first-order chi connectivity index (χ1) is 7.15. The molecule has 1 N–H and O–H groups in total. The molecule has 1 aromatic heterocycles. The Bertz CT molecular complexity index is 363. The van der Waals surface area contributed by atoms with Crippen LogP contribution in [0.25, 0.3) is 0 Å². The summed E-state index contributed by atoms with van der Waals surface area (Å²) in [7, 11) is 0. The van der Waals surface area contributed by atoms with E-state index < -0.39 is 5.97 Å². The molecule has 0 radical (unpaired) electrons. The molecule has 6 heteroatoms. The Labute approximate surface area is 96.3 Å². The molecule has 2 rings (SSSR count). The van der Waals surface area contributed by atoms with Gasteiger partial charge in [-0.25, -0.2) is 4.98 Å². The van der Waals surface area contributed by atoms with Gasteiger partial charge in [-0.2, -0.15) is 4.37 Å². The smallest absolute Gasteiger partial charge is 0.304 e. The summed E-state index contributed by atoms with van der Waals surface area (Å²) in [5.74, 6) is 0.761. The molecule has 1 aliphatic carbocycles. The van der Waals surface area contributed by atoms with Crippen LogP contribution in [-0.4, -0.2) is 25.7 Å². The van der Waals surface area contributed by atoms with Crippen molar-refractivity contribution in [3.8, 4) is 0 Å². The SMILES string of the molecule is CC(CC(=O)O)Sc1nc(C2CC2)ns1. The van der Waals surface area contributed by atoms with Crippen molar-refractivity contribution >= 4 is 29.3 Å². The Kier molecular flexibility index (Phi) is 3.25. The van der Waals surface area contributed by atoms with Gasteiger partial charge in [-0.05, 0) is 24.4 Å². The minimum absolute atomic E-state index is 0.0579. The minimum Gasteiger partial charge on any atom is -0.481 e. The highest BCUT2D eigenvalue weighted by molar-refractivity contribution is 8.01. The van der Waals surface area contributed by atoms with Crippen molar-refractivity contribution in [3.05, 3.63) is 5.82 Å². The van der Waals surface area contributed by atoms with Crippen LogP contribution in [0, 0.1) is 0 Å². The van der Waals surface area contributed by atoms with Gasteiger partial charge in [0.1, 0.15) is 5.82 Å². The zero-order valence-corrected chi connectivity index (χ0v) is 9.98. The molecule has 1 aliphatic rings. The molecule has 0 aromatic carbocycles. The molecule has 4 nitrogen and oxygen atoms in total. The fourth-order valence-electron chi connectivity index (χ4n) is 1.24. The highest BCUT2D eigenvalue weighted by Gasteiger charge is 2.28. The number of rotatable bonds is 5. The van der Waals surface area contributed by atoms with E-state index in [-0.39, 0.29) is 11.7 Å². The summed E-state index contributed by atoms with van der Waals surface area (Å²) >= 11 is 2.88. The topological polar surface area (TPSA) is 63.1 Å². The minimum atomic E-state index is -0.762. The lowest BCUT2D eigenvalue weighted by Gasteiger charge is -2.03. The van der Waals surface area contributed by atoms with Crippen molar-refractivity contribution in [2.75, 3.05) is 0 Å². The monoisotopic (exact) mass is 244 g/mol. The van der Waals surface area contributed by atoms with E-state index in [1.54, 1.807) is 0 Å². The number of nitrogens with zero attached hydrogens (tertiary/aromatic N) is 2. The molecule has 0 saturated heterocycles. The van der Waals surface area contributed by atoms with E-state index in [2.05, 4.69) is 9.36 Å². The third-order valence-electron chi connectivity index (χ3n) is 2.13. The molecule has 1 aromatic rings. The Morgan fingerprint density at radius 3 is 3.07 bits per heavy atom. The fourth-order valence-corrected chi connectivity index (χ4v) is 3.22. The Hall–Kier alpha value is -0.620. The molecule has 0 aliphatic heterocycles. The predicted octanol–water partition coefficient (Wildman–Crippen LogP) is 2.37. The predicted molar refractivity (Wildman–Crippen MR) is 59.5 cm³/mol. The highest BCUT2D eigenvalue weighted by Crippen LogP contribution is 2.40. The van der Waals surface area contributed by atoms with Crippen LogP contribution in [0.1, 0.15) is 37.9 Å². The molecule has 0 spiro atoms. The van der Waals surface area contributed by atoms with Crippen molar-refractivity contribution in [2.24, 2.45) is 0 Å². The van der Waals surface area contributed by atoms with Crippen molar-refractivity contribution < 1.29 is 9.90 Å². The van der Waals surface area contributed by atoms with Crippen molar-refractivity contribution in [2.45, 2.75) is 41.7 Å². The van der Waals surface area contributed by atoms with Crippen LogP contribution in [0.15, 0.2) is 4.34 Å². The van der Waals surface area contributed by atoms with Crippen LogP contribution < -0.4 is 0 Å². The number of aromatic nitrogens is 2. The van der Waals surface area contributed by atoms with E-state index in [1.807, 2.05) is 6.92 Å². The van der Waals surface area contributed by atoms with E-state index in [1.165, 1.54) is 36.1 Å². The van der Waals surface area contributed by atoms with E-state index in [0.29, 0.717) is 5.92 Å².